The van der Waals surface area contributed by atoms with Gasteiger partial charge < -0.3 is 15.2 Å². The summed E-state index contributed by atoms with van der Waals surface area (Å²) in [7, 11) is 0. The number of carboxylic acid groups (broad SMARTS) is 1. The lowest BCUT2D eigenvalue weighted by Gasteiger charge is -2.17. The summed E-state index contributed by atoms with van der Waals surface area (Å²) in [5.74, 6) is -0.862. The van der Waals surface area contributed by atoms with Crippen LogP contribution in [0, 0.1) is 20.8 Å². The van der Waals surface area contributed by atoms with Crippen molar-refractivity contribution < 1.29 is 19.4 Å². The van der Waals surface area contributed by atoms with Gasteiger partial charge in [0.25, 0.3) is 0 Å². The number of carbonyl (C=O) groups excluding carboxylic acids is 1. The van der Waals surface area contributed by atoms with Gasteiger partial charge in [-0.3, -0.25) is 4.79 Å². The monoisotopic (exact) mass is 265 g/mol. The van der Waals surface area contributed by atoms with Crippen LogP contribution in [0.25, 0.3) is 0 Å². The van der Waals surface area contributed by atoms with Crippen LogP contribution < -0.4 is 10.1 Å². The zero-order chi connectivity index (χ0) is 14.6. The maximum absolute atomic E-state index is 11.0. The van der Waals surface area contributed by atoms with Gasteiger partial charge >= 0.3 is 5.97 Å². The van der Waals surface area contributed by atoms with Crippen molar-refractivity contribution in [2.24, 2.45) is 0 Å². The predicted octanol–water partition coefficient (Wildman–Crippen LogP) is 1.58. The summed E-state index contributed by atoms with van der Waals surface area (Å²) < 4.78 is 5.53. The lowest BCUT2D eigenvalue weighted by atomic mass is 10.1. The van der Waals surface area contributed by atoms with Gasteiger partial charge in [-0.05, 0) is 43.5 Å². The van der Waals surface area contributed by atoms with E-state index in [1.54, 1.807) is 0 Å². The van der Waals surface area contributed by atoms with Crippen LogP contribution in [0.4, 0.5) is 0 Å². The third-order valence-corrected chi connectivity index (χ3v) is 2.85. The Morgan fingerprint density at radius 3 is 2.47 bits per heavy atom. The van der Waals surface area contributed by atoms with Gasteiger partial charge in [0.2, 0.25) is 5.91 Å². The van der Waals surface area contributed by atoms with E-state index in [1.165, 1.54) is 6.92 Å². The van der Waals surface area contributed by atoms with E-state index in [2.05, 4.69) is 5.32 Å². The van der Waals surface area contributed by atoms with Crippen molar-refractivity contribution in [2.75, 3.05) is 6.61 Å². The van der Waals surface area contributed by atoms with Gasteiger partial charge in [-0.2, -0.15) is 0 Å². The lowest BCUT2D eigenvalue weighted by Crippen LogP contribution is -2.43. The number of carbonyl (C=O) groups is 2. The van der Waals surface area contributed by atoms with Gasteiger partial charge in [0.1, 0.15) is 12.4 Å². The van der Waals surface area contributed by atoms with Crippen molar-refractivity contribution in [3.63, 3.8) is 0 Å². The summed E-state index contributed by atoms with van der Waals surface area (Å²) in [5.41, 5.74) is 3.10. The Morgan fingerprint density at radius 1 is 1.32 bits per heavy atom. The second-order valence-electron chi connectivity index (χ2n) is 4.61. The number of carboxylic acids is 1. The van der Waals surface area contributed by atoms with Crippen LogP contribution in [0.2, 0.25) is 0 Å². The molecule has 0 radical (unpaired) electrons. The first-order valence-electron chi connectivity index (χ1n) is 6.01. The molecule has 0 aromatic heterocycles. The van der Waals surface area contributed by atoms with E-state index < -0.39 is 17.9 Å². The molecule has 0 saturated carbocycles. The molecule has 1 rings (SSSR count). The second kappa shape index (κ2) is 6.22. The van der Waals surface area contributed by atoms with E-state index in [4.69, 9.17) is 9.84 Å². The standard InChI is InChI=1S/C14H19NO4/c1-8-5-9(2)10(3)13(6-8)19-7-12(14(17)18)15-11(4)16/h5-6,12H,7H2,1-4H3,(H,15,16)(H,17,18). The maximum atomic E-state index is 11.0. The molecule has 0 saturated heterocycles. The van der Waals surface area contributed by atoms with Crippen LogP contribution in [0.15, 0.2) is 12.1 Å². The molecular weight excluding hydrogens is 246 g/mol. The third kappa shape index (κ3) is 4.28. The highest BCUT2D eigenvalue weighted by molar-refractivity contribution is 5.82. The first kappa shape index (κ1) is 15.0. The molecule has 2 N–H and O–H groups in total. The number of nitrogens with one attached hydrogen (secondary N) is 1. The molecule has 0 bridgehead atoms. The minimum atomic E-state index is -1.11. The van der Waals surface area contributed by atoms with E-state index in [0.29, 0.717) is 5.75 Å². The van der Waals surface area contributed by atoms with Crippen LogP contribution in [0.3, 0.4) is 0 Å². The Hall–Kier alpha value is -2.04. The molecule has 0 fully saturated rings. The van der Waals surface area contributed by atoms with E-state index in [0.717, 1.165) is 16.7 Å². The normalized spacial score (nSPS) is 11.8. The van der Waals surface area contributed by atoms with Gasteiger partial charge in [-0.15, -0.1) is 0 Å². The van der Waals surface area contributed by atoms with Gasteiger partial charge in [0.15, 0.2) is 6.04 Å². The molecular formula is C14H19NO4. The summed E-state index contributed by atoms with van der Waals surface area (Å²) in [6.45, 7) is 7.01. The summed E-state index contributed by atoms with van der Waals surface area (Å²) in [6.07, 6.45) is 0. The number of amides is 1. The van der Waals surface area contributed by atoms with Crippen molar-refractivity contribution in [1.82, 2.24) is 5.32 Å². The Balaban J connectivity index is 2.79. The van der Waals surface area contributed by atoms with Crippen LogP contribution >= 0.6 is 0 Å². The molecule has 0 spiro atoms. The lowest BCUT2D eigenvalue weighted by molar-refractivity contribution is -0.142. The van der Waals surface area contributed by atoms with Gasteiger partial charge in [-0.25, -0.2) is 4.79 Å². The molecule has 1 aromatic carbocycles. The highest BCUT2D eigenvalue weighted by atomic mass is 16.5. The average molecular weight is 265 g/mol. The number of hydrogen-bond donors (Lipinski definition) is 2. The van der Waals surface area contributed by atoms with Crippen LogP contribution in [0.1, 0.15) is 23.6 Å². The Morgan fingerprint density at radius 2 is 1.95 bits per heavy atom. The Labute approximate surface area is 112 Å². The molecule has 0 aliphatic rings. The number of aryl methyl sites for hydroxylation is 2. The number of benzene rings is 1. The fourth-order valence-corrected chi connectivity index (χ4v) is 1.74. The van der Waals surface area contributed by atoms with Gasteiger partial charge in [0.05, 0.1) is 0 Å². The fourth-order valence-electron chi connectivity index (χ4n) is 1.74. The van der Waals surface area contributed by atoms with E-state index >= 15 is 0 Å². The number of aliphatic carboxylic acids is 1. The Kier molecular flexibility index (Phi) is 4.92. The third-order valence-electron chi connectivity index (χ3n) is 2.85. The van der Waals surface area contributed by atoms with Crippen molar-refractivity contribution in [2.45, 2.75) is 33.7 Å². The molecule has 5 nitrogen and oxygen atoms in total. The summed E-state index contributed by atoms with van der Waals surface area (Å²) in [6, 6.07) is 2.84. The minimum Gasteiger partial charge on any atom is -0.491 e. The van der Waals surface area contributed by atoms with E-state index in [1.807, 2.05) is 32.9 Å². The predicted molar refractivity (Wildman–Crippen MR) is 71.4 cm³/mol. The van der Waals surface area contributed by atoms with Crippen LogP contribution in [-0.2, 0) is 9.59 Å². The number of ether oxygens (including phenoxy) is 1. The zero-order valence-corrected chi connectivity index (χ0v) is 11.6. The molecule has 1 amide bonds. The maximum Gasteiger partial charge on any atom is 0.329 e. The Bertz CT molecular complexity index is 496. The molecule has 5 heteroatoms. The average Bonchev–Trinajstić information content (AvgIpc) is 2.29. The summed E-state index contributed by atoms with van der Waals surface area (Å²) in [4.78, 5) is 21.9. The summed E-state index contributed by atoms with van der Waals surface area (Å²) in [5, 5.41) is 11.3. The topological polar surface area (TPSA) is 75.6 Å². The zero-order valence-electron chi connectivity index (χ0n) is 11.6. The molecule has 0 aliphatic carbocycles. The summed E-state index contributed by atoms with van der Waals surface area (Å²) >= 11 is 0. The van der Waals surface area contributed by atoms with Crippen LogP contribution in [0.5, 0.6) is 5.75 Å². The quantitative estimate of drug-likeness (QED) is 0.847. The van der Waals surface area contributed by atoms with Crippen molar-refractivity contribution >= 4 is 11.9 Å². The largest absolute Gasteiger partial charge is 0.491 e. The van der Waals surface area contributed by atoms with Crippen molar-refractivity contribution in [3.05, 3.63) is 28.8 Å². The molecule has 104 valence electrons. The van der Waals surface area contributed by atoms with Crippen LogP contribution in [-0.4, -0.2) is 29.6 Å². The number of hydrogen-bond acceptors (Lipinski definition) is 3. The van der Waals surface area contributed by atoms with E-state index in [9.17, 15) is 9.59 Å². The van der Waals surface area contributed by atoms with Crippen molar-refractivity contribution in [3.8, 4) is 5.75 Å². The smallest absolute Gasteiger partial charge is 0.329 e. The van der Waals surface area contributed by atoms with Gasteiger partial charge in [-0.1, -0.05) is 6.07 Å². The number of rotatable bonds is 5. The second-order valence-corrected chi connectivity index (χ2v) is 4.61. The first-order chi connectivity index (χ1) is 8.81. The minimum absolute atomic E-state index is 0.0986. The SMILES string of the molecule is CC(=O)NC(COc1cc(C)cc(C)c1C)C(=O)O. The molecule has 1 unspecified atom stereocenters. The molecule has 0 aliphatic heterocycles. The molecule has 19 heavy (non-hydrogen) atoms. The molecule has 0 heterocycles. The highest BCUT2D eigenvalue weighted by Crippen LogP contribution is 2.23. The van der Waals surface area contributed by atoms with E-state index in [-0.39, 0.29) is 6.61 Å². The molecule has 1 aromatic rings. The van der Waals surface area contributed by atoms with Crippen molar-refractivity contribution in [1.29, 1.82) is 0 Å². The van der Waals surface area contributed by atoms with Gasteiger partial charge in [0, 0.05) is 6.92 Å². The molecule has 1 atom stereocenters. The first-order valence-corrected chi connectivity index (χ1v) is 6.01. The highest BCUT2D eigenvalue weighted by Gasteiger charge is 2.19. The fraction of sp³-hybridized carbons (Fsp3) is 0.429.